The van der Waals surface area contributed by atoms with E-state index in [4.69, 9.17) is 15.2 Å². The van der Waals surface area contributed by atoms with Gasteiger partial charge < -0.3 is 76.5 Å². The van der Waals surface area contributed by atoms with Crippen molar-refractivity contribution in [1.82, 2.24) is 67.6 Å². The van der Waals surface area contributed by atoms with Crippen molar-refractivity contribution >= 4 is 97.2 Å². The Balaban J connectivity index is 0.000000126. The largest absolute Gasteiger partial charge is 0.508 e. The van der Waals surface area contributed by atoms with Crippen LogP contribution in [0.2, 0.25) is 0 Å². The number of aromatic hydroxyl groups is 1. The van der Waals surface area contributed by atoms with E-state index in [2.05, 4.69) is 138 Å². The molecule has 17 aromatic rings. The van der Waals surface area contributed by atoms with E-state index in [-0.39, 0.29) is 34.2 Å². The molecule has 652 valence electrons. The molecule has 2 aliphatic rings. The number of phenols is 1. The Morgan fingerprint density at radius 1 is 0.450 bits per heavy atom. The molecule has 2 fully saturated rings. The number of piperazine rings is 1. The van der Waals surface area contributed by atoms with Gasteiger partial charge in [-0.1, -0.05) is 31.2 Å². The predicted octanol–water partition coefficient (Wildman–Crippen LogP) is 15.3. The molecule has 0 aliphatic carbocycles. The molecule has 19 rings (SSSR count). The molecular formula is C99H97N21O9. The van der Waals surface area contributed by atoms with Crippen LogP contribution in [-0.4, -0.2) is 171 Å². The lowest BCUT2D eigenvalue weighted by molar-refractivity contribution is 0.0706. The Morgan fingerprint density at radius 2 is 0.829 bits per heavy atom. The number of anilines is 10. The lowest BCUT2D eigenvalue weighted by Crippen LogP contribution is -2.46. The van der Waals surface area contributed by atoms with E-state index in [1.165, 1.54) is 24.3 Å². The van der Waals surface area contributed by atoms with Gasteiger partial charge in [0.15, 0.2) is 22.6 Å². The Bertz CT molecular complexity index is 6910. The fourth-order valence-electron chi connectivity index (χ4n) is 15.6. The molecule has 0 bridgehead atoms. The van der Waals surface area contributed by atoms with E-state index in [1.54, 1.807) is 122 Å². The summed E-state index contributed by atoms with van der Waals surface area (Å²) in [5.74, 6) is -0.439. The lowest BCUT2D eigenvalue weighted by atomic mass is 10.1. The number of carbonyl (C=O) groups excluding carboxylic acids is 3. The number of morpholine rings is 1. The minimum absolute atomic E-state index is 0.0195. The number of rotatable bonds is 25. The summed E-state index contributed by atoms with van der Waals surface area (Å²) in [5, 5.41) is 25.9. The number of nitrogens with one attached hydrogen (secondary N) is 8. The van der Waals surface area contributed by atoms with Gasteiger partial charge in [-0.05, 0) is 219 Å². The highest BCUT2D eigenvalue weighted by molar-refractivity contribution is 5.96. The first kappa shape index (κ1) is 86.3. The number of primary amides is 1. The van der Waals surface area contributed by atoms with Crippen LogP contribution in [0.1, 0.15) is 56.9 Å². The van der Waals surface area contributed by atoms with E-state index in [0.717, 1.165) is 166 Å². The number of methoxy groups -OCH3 is 1. The van der Waals surface area contributed by atoms with Gasteiger partial charge in [0.2, 0.25) is 22.6 Å². The zero-order valence-electron chi connectivity index (χ0n) is 71.3. The second-order valence-corrected chi connectivity index (χ2v) is 30.7. The Labute approximate surface area is 742 Å². The Hall–Kier alpha value is -16.2. The van der Waals surface area contributed by atoms with Crippen LogP contribution in [0.25, 0.3) is 67.6 Å². The first-order valence-corrected chi connectivity index (χ1v) is 42.5. The molecule has 11 aromatic heterocycles. The number of hydrogen-bond acceptors (Lipinski definition) is 20. The third kappa shape index (κ3) is 20.9. The second kappa shape index (κ2) is 40.6. The summed E-state index contributed by atoms with van der Waals surface area (Å²) < 4.78 is 18.4. The summed E-state index contributed by atoms with van der Waals surface area (Å²) in [6, 6.07) is 71.7. The van der Waals surface area contributed by atoms with Crippen LogP contribution in [-0.2, 0) is 16.0 Å². The van der Waals surface area contributed by atoms with Crippen LogP contribution in [0.5, 0.6) is 5.75 Å². The molecule has 3 amide bonds. The molecular weight excluding hydrogens is 1630 g/mol. The van der Waals surface area contributed by atoms with Gasteiger partial charge in [0.05, 0.1) is 65.3 Å². The molecule has 0 saturated carbocycles. The summed E-state index contributed by atoms with van der Waals surface area (Å²) in [6.07, 6.45) is 20.7. The first-order valence-electron chi connectivity index (χ1n) is 42.5. The number of H-pyrrole nitrogens is 3. The molecule has 11 N–H and O–H groups in total. The number of ether oxygens (including phenoxy) is 2. The number of benzene rings is 6. The van der Waals surface area contributed by atoms with Gasteiger partial charge in [0.25, 0.3) is 11.8 Å². The minimum atomic E-state index is -0.427. The van der Waals surface area contributed by atoms with Crippen molar-refractivity contribution in [2.24, 2.45) is 5.73 Å². The molecule has 0 atom stereocenters. The molecule has 0 spiro atoms. The fourth-order valence-corrected chi connectivity index (χ4v) is 15.6. The van der Waals surface area contributed by atoms with Crippen LogP contribution in [0.15, 0.2) is 313 Å². The minimum Gasteiger partial charge on any atom is -0.508 e. The number of aromatic amines is 3. The van der Waals surface area contributed by atoms with Gasteiger partial charge in [0.1, 0.15) is 5.75 Å². The molecule has 0 radical (unpaired) electrons. The Kier molecular flexibility index (Phi) is 27.2. The number of amides is 3. The maximum atomic E-state index is 12.7. The maximum Gasteiger partial charge on any atom is 0.253 e. The normalized spacial score (nSPS) is 12.6. The number of likely N-dealkylation sites (N-methyl/N-ethyl adjacent to an activating group) is 1. The van der Waals surface area contributed by atoms with Crippen LogP contribution in [0.4, 0.5) is 56.9 Å². The van der Waals surface area contributed by atoms with Gasteiger partial charge in [0, 0.05) is 220 Å². The zero-order valence-corrected chi connectivity index (χ0v) is 71.3. The van der Waals surface area contributed by atoms with Gasteiger partial charge in [-0.25, -0.2) is 19.9 Å². The second-order valence-electron chi connectivity index (χ2n) is 30.7. The molecule has 129 heavy (non-hydrogen) atoms. The van der Waals surface area contributed by atoms with E-state index in [0.29, 0.717) is 48.6 Å². The zero-order chi connectivity index (χ0) is 89.1. The monoisotopic (exact) mass is 1720 g/mol. The smallest absolute Gasteiger partial charge is 0.253 e. The molecule has 0 unspecified atom stereocenters. The summed E-state index contributed by atoms with van der Waals surface area (Å²) in [5.41, 5.74) is 27.2. The van der Waals surface area contributed by atoms with Crippen LogP contribution in [0, 0.1) is 0 Å². The van der Waals surface area contributed by atoms with Crippen LogP contribution >= 0.6 is 0 Å². The van der Waals surface area contributed by atoms with Gasteiger partial charge in [-0.15, -0.1) is 0 Å². The average Bonchev–Trinajstić information content (AvgIpc) is 1.69. The number of pyridine rings is 7. The number of aromatic nitrogens is 11. The van der Waals surface area contributed by atoms with Crippen molar-refractivity contribution in [1.29, 1.82) is 0 Å². The number of hydrogen-bond donors (Lipinski definition) is 10. The summed E-state index contributed by atoms with van der Waals surface area (Å²) in [4.78, 5) is 107. The van der Waals surface area contributed by atoms with Crippen molar-refractivity contribution in [3.8, 4) is 50.8 Å². The average molecular weight is 1730 g/mol. The van der Waals surface area contributed by atoms with E-state index >= 15 is 0 Å². The van der Waals surface area contributed by atoms with E-state index in [1.807, 2.05) is 159 Å². The SMILES string of the molecule is CCCN1CCN(c2ccc(Nc3ccc(-c4ccc(C(N)=O)cc4)n4ccnc34)cc2)CC1.CCN(CCOC)C(=O)c1ccc(Nc2ccc(-c3cc[nH]c(=O)c3)n3ccnc23)cc1.O=C(NCc1ccc(O)cc1)c1ccc(Nc2ccc(-c3cc[nH]c(=O)c3)n3ccnc23)cc1.O=c1cc(-c2ccc(Nc3ccc(N4CCOCC4)cc3)c3nccn23)cc[nH]1. The highest BCUT2D eigenvalue weighted by Crippen LogP contribution is 2.34. The van der Waals surface area contributed by atoms with Crippen LogP contribution in [0.3, 0.4) is 0 Å². The third-order valence-corrected chi connectivity index (χ3v) is 22.3. The number of nitrogens with two attached hydrogens (primary N) is 1. The quantitative estimate of drug-likeness (QED) is 0.0254. The van der Waals surface area contributed by atoms with Crippen molar-refractivity contribution < 1.29 is 29.0 Å². The number of fused-ring (bicyclic) bond motifs is 4. The number of nitrogens with zero attached hydrogens (tertiary/aromatic N) is 12. The van der Waals surface area contributed by atoms with E-state index < -0.39 is 5.91 Å². The topological polar surface area (TPSA) is 357 Å². The van der Waals surface area contributed by atoms with E-state index in [9.17, 15) is 33.9 Å². The predicted molar refractivity (Wildman–Crippen MR) is 506 cm³/mol. The van der Waals surface area contributed by atoms with Crippen molar-refractivity contribution in [2.45, 2.75) is 26.8 Å². The standard InChI is InChI=1S/C27H30N6O.C26H21N5O3.C24H25N5O3.C22H21N5O2/c1-2-14-31-16-18-32(19-17-31)23-9-7-22(8-10-23)30-24-11-12-25(33-15-13-29-27(24)33)20-3-5-21(6-4-20)26(28)34;32-21-7-1-17(2-8-21)16-29-26(34)18-3-5-20(6-4-18)30-22-9-10-23(31-14-13-28-25(22)31)19-11-12-27-24(33)15-19;1-3-28(14-15-32-2)24(31)17-4-6-19(7-5-17)27-20-8-9-21(29-13-12-26-23(20)29)18-10-11-25-22(30)16-18;28-21-15-16(7-8-23-21)20-6-5-19(22-24-9-10-27(20)22)25-17-1-3-18(4-2-17)26-11-13-29-14-12-26/h3-13,15,30H,2,14,16-19H2,1H3,(H2,28,34);1-15,30,32H,16H2,(H,27,33)(H,29,34);4-13,16,27H,3,14-15H2,1-2H3,(H,25,30);1-10,15,25H,11-14H2,(H,23,28). The molecule has 30 nitrogen and oxygen atoms in total. The van der Waals surface area contributed by atoms with Crippen molar-refractivity contribution in [2.75, 3.05) is 117 Å². The number of phenolic OH excluding ortho intramolecular Hbond substituents is 1. The maximum absolute atomic E-state index is 12.7. The first-order chi connectivity index (χ1) is 63.1. The van der Waals surface area contributed by atoms with Gasteiger partial charge in [-0.2, -0.15) is 0 Å². The van der Waals surface area contributed by atoms with Crippen molar-refractivity contribution in [3.05, 3.63) is 352 Å². The summed E-state index contributed by atoms with van der Waals surface area (Å²) >= 11 is 0. The Morgan fingerprint density at radius 3 is 1.21 bits per heavy atom. The third-order valence-electron chi connectivity index (χ3n) is 22.3. The van der Waals surface area contributed by atoms with Gasteiger partial charge in [-0.3, -0.25) is 51.3 Å². The summed E-state index contributed by atoms with van der Waals surface area (Å²) in [6.45, 7) is 15.2. The van der Waals surface area contributed by atoms with Crippen molar-refractivity contribution in [3.63, 3.8) is 0 Å². The molecule has 2 aliphatic heterocycles. The highest BCUT2D eigenvalue weighted by Gasteiger charge is 2.21. The summed E-state index contributed by atoms with van der Waals surface area (Å²) in [7, 11) is 1.63. The molecule has 2 saturated heterocycles. The number of imidazole rings is 4. The highest BCUT2D eigenvalue weighted by atomic mass is 16.5. The molecule has 30 heteroatoms. The number of carbonyl (C=O) groups is 3. The van der Waals surface area contributed by atoms with Crippen LogP contribution < -0.4 is 58.8 Å². The molecule has 13 heterocycles. The molecule has 6 aromatic carbocycles. The fraction of sp³-hybridized carbons (Fsp3) is 0.172. The lowest BCUT2D eigenvalue weighted by Gasteiger charge is -2.36. The van der Waals surface area contributed by atoms with Gasteiger partial charge >= 0.3 is 0 Å².